The molecule has 0 bridgehead atoms. The average Bonchev–Trinajstić information content (AvgIpc) is 3.08. The summed E-state index contributed by atoms with van der Waals surface area (Å²) in [5.41, 5.74) is 8.87. The van der Waals surface area contributed by atoms with E-state index in [0.29, 0.717) is 5.84 Å². The van der Waals surface area contributed by atoms with Crippen LogP contribution in [-0.2, 0) is 0 Å². The van der Waals surface area contributed by atoms with Gasteiger partial charge in [0.1, 0.15) is 12.0 Å². The number of hydrogen-bond donors (Lipinski definition) is 4. The summed E-state index contributed by atoms with van der Waals surface area (Å²) in [5, 5.41) is 5.69. The molecule has 0 aliphatic carbocycles. The number of amides is 2. The Morgan fingerprint density at radius 3 is 2.75 bits per heavy atom. The number of urea groups is 1. The molecule has 4 N–H and O–H groups in total. The lowest BCUT2D eigenvalue weighted by atomic mass is 10.2. The predicted molar refractivity (Wildman–Crippen MR) is 93.6 cm³/mol. The number of aryl methyl sites for hydroxylation is 1. The van der Waals surface area contributed by atoms with Crippen molar-refractivity contribution < 1.29 is 4.79 Å². The fourth-order valence-electron chi connectivity index (χ4n) is 2.32. The number of pyridine rings is 1. The van der Waals surface area contributed by atoms with Crippen molar-refractivity contribution in [1.29, 1.82) is 0 Å². The molecule has 0 radical (unpaired) electrons. The number of anilines is 1. The molecule has 0 saturated heterocycles. The van der Waals surface area contributed by atoms with Crippen molar-refractivity contribution in [3.05, 3.63) is 59.9 Å². The number of aromatic nitrogens is 1. The molecule has 2 amide bonds. The van der Waals surface area contributed by atoms with Crippen molar-refractivity contribution in [3.63, 3.8) is 0 Å². The molecule has 7 heteroatoms. The van der Waals surface area contributed by atoms with Crippen LogP contribution in [0.3, 0.4) is 0 Å². The highest BCUT2D eigenvalue weighted by molar-refractivity contribution is 5.99. The van der Waals surface area contributed by atoms with E-state index in [0.717, 1.165) is 16.8 Å². The van der Waals surface area contributed by atoms with Gasteiger partial charge in [-0.15, -0.1) is 0 Å². The molecule has 2 aromatic rings. The number of carbonyl (C=O) groups excluding carboxylic acids is 1. The first-order chi connectivity index (χ1) is 11.6. The second-order valence-corrected chi connectivity index (χ2v) is 5.69. The van der Waals surface area contributed by atoms with Gasteiger partial charge in [-0.25, -0.2) is 15.2 Å². The Morgan fingerprint density at radius 2 is 2.04 bits per heavy atom. The second-order valence-electron chi connectivity index (χ2n) is 5.69. The van der Waals surface area contributed by atoms with Crippen molar-refractivity contribution in [2.75, 3.05) is 5.32 Å². The Balaban J connectivity index is 1.57. The molecular weight excluding hydrogens is 304 g/mol. The number of rotatable bonds is 4. The van der Waals surface area contributed by atoms with Gasteiger partial charge in [0.15, 0.2) is 0 Å². The van der Waals surface area contributed by atoms with Gasteiger partial charge in [0, 0.05) is 23.6 Å². The van der Waals surface area contributed by atoms with E-state index in [4.69, 9.17) is 0 Å². The van der Waals surface area contributed by atoms with Crippen LogP contribution < -0.4 is 21.5 Å². The molecule has 24 heavy (non-hydrogen) atoms. The minimum Gasteiger partial charge on any atom is -0.332 e. The minimum absolute atomic E-state index is 0.197. The molecule has 2 heterocycles. The van der Waals surface area contributed by atoms with Gasteiger partial charge in [-0.1, -0.05) is 17.7 Å². The molecule has 1 aromatic heterocycles. The molecule has 0 saturated carbocycles. The Morgan fingerprint density at radius 1 is 1.25 bits per heavy atom. The molecule has 7 nitrogen and oxygen atoms in total. The third kappa shape index (κ3) is 3.88. The molecule has 2 atom stereocenters. The predicted octanol–water partition coefficient (Wildman–Crippen LogP) is 1.78. The Hall–Kier alpha value is -2.93. The monoisotopic (exact) mass is 324 g/mol. The molecule has 3 rings (SSSR count). The zero-order valence-electron chi connectivity index (χ0n) is 13.6. The van der Waals surface area contributed by atoms with Gasteiger partial charge in [0.25, 0.3) is 0 Å². The number of carbonyl (C=O) groups is 1. The van der Waals surface area contributed by atoms with E-state index >= 15 is 0 Å². The number of hydrazine groups is 1. The summed E-state index contributed by atoms with van der Waals surface area (Å²) in [5.74, 6) is 0.709. The van der Waals surface area contributed by atoms with Crippen LogP contribution in [0.15, 0.2) is 53.8 Å². The van der Waals surface area contributed by atoms with Crippen molar-refractivity contribution in [1.82, 2.24) is 21.2 Å². The van der Waals surface area contributed by atoms with E-state index in [2.05, 4.69) is 31.5 Å². The maximum absolute atomic E-state index is 12.1. The standard InChI is InChI=1S/C17H20N6O/c1-11-5-7-14(8-6-11)20-17(24)19-12(2)15-21-16(23-22-15)13-4-3-9-18-10-13/h3-10,12,15,22H,1-2H3,(H,21,23)(H2,19,20,24). The van der Waals surface area contributed by atoms with Gasteiger partial charge in [0.2, 0.25) is 0 Å². The summed E-state index contributed by atoms with van der Waals surface area (Å²) >= 11 is 0. The van der Waals surface area contributed by atoms with E-state index < -0.39 is 0 Å². The topological polar surface area (TPSA) is 90.4 Å². The Bertz CT molecular complexity index is 729. The number of nitrogens with one attached hydrogen (secondary N) is 4. The van der Waals surface area contributed by atoms with Crippen LogP contribution >= 0.6 is 0 Å². The molecule has 124 valence electrons. The number of benzene rings is 1. The first kappa shape index (κ1) is 15.9. The molecule has 2 unspecified atom stereocenters. The average molecular weight is 324 g/mol. The van der Waals surface area contributed by atoms with E-state index in [1.54, 1.807) is 12.4 Å². The van der Waals surface area contributed by atoms with Crippen molar-refractivity contribution in [3.8, 4) is 0 Å². The normalized spacial score (nSPS) is 17.6. The second kappa shape index (κ2) is 7.10. The molecule has 0 fully saturated rings. The van der Waals surface area contributed by atoms with Gasteiger partial charge < -0.3 is 16.1 Å². The van der Waals surface area contributed by atoms with Crippen LogP contribution in [0.2, 0.25) is 0 Å². The molecular formula is C17H20N6O. The van der Waals surface area contributed by atoms with Gasteiger partial charge in [-0.3, -0.25) is 4.98 Å². The first-order valence-corrected chi connectivity index (χ1v) is 7.76. The summed E-state index contributed by atoms with van der Waals surface area (Å²) in [6.07, 6.45) is 3.19. The smallest absolute Gasteiger partial charge is 0.319 e. The number of nitrogens with zero attached hydrogens (tertiary/aromatic N) is 2. The number of aliphatic imine (C=N–C) groups is 1. The highest BCUT2D eigenvalue weighted by Gasteiger charge is 2.24. The van der Waals surface area contributed by atoms with E-state index in [1.165, 1.54) is 0 Å². The molecule has 1 aliphatic heterocycles. The van der Waals surface area contributed by atoms with Crippen molar-refractivity contribution in [2.24, 2.45) is 4.99 Å². The Labute approximate surface area is 140 Å². The van der Waals surface area contributed by atoms with Crippen LogP contribution in [0.5, 0.6) is 0 Å². The summed E-state index contributed by atoms with van der Waals surface area (Å²) in [6, 6.07) is 10.9. The van der Waals surface area contributed by atoms with E-state index in [-0.39, 0.29) is 18.2 Å². The lowest BCUT2D eigenvalue weighted by Gasteiger charge is -2.18. The third-order valence-electron chi connectivity index (χ3n) is 3.68. The van der Waals surface area contributed by atoms with Crippen LogP contribution in [-0.4, -0.2) is 29.1 Å². The van der Waals surface area contributed by atoms with E-state index in [1.807, 2.05) is 50.2 Å². The Kier molecular flexibility index (Phi) is 4.72. The zero-order chi connectivity index (χ0) is 16.9. The van der Waals surface area contributed by atoms with Crippen LogP contribution in [0, 0.1) is 6.92 Å². The molecule has 1 aromatic carbocycles. The maximum atomic E-state index is 12.1. The lowest BCUT2D eigenvalue weighted by molar-refractivity contribution is 0.246. The summed E-state index contributed by atoms with van der Waals surface area (Å²) in [7, 11) is 0. The van der Waals surface area contributed by atoms with Crippen LogP contribution in [0.25, 0.3) is 0 Å². The summed E-state index contributed by atoms with van der Waals surface area (Å²) in [4.78, 5) is 20.7. The largest absolute Gasteiger partial charge is 0.332 e. The lowest BCUT2D eigenvalue weighted by Crippen LogP contribution is -2.49. The SMILES string of the molecule is Cc1ccc(NC(=O)NC(C)C2N=C(c3cccnc3)NN2)cc1. The highest BCUT2D eigenvalue weighted by Crippen LogP contribution is 2.09. The first-order valence-electron chi connectivity index (χ1n) is 7.76. The maximum Gasteiger partial charge on any atom is 0.319 e. The molecule has 1 aliphatic rings. The quantitative estimate of drug-likeness (QED) is 0.690. The minimum atomic E-state index is -0.266. The van der Waals surface area contributed by atoms with Gasteiger partial charge in [-0.05, 0) is 38.1 Å². The third-order valence-corrected chi connectivity index (χ3v) is 3.68. The number of amidine groups is 1. The molecule has 0 spiro atoms. The zero-order valence-corrected chi connectivity index (χ0v) is 13.6. The van der Waals surface area contributed by atoms with Crippen molar-refractivity contribution >= 4 is 17.6 Å². The van der Waals surface area contributed by atoms with Crippen LogP contribution in [0.4, 0.5) is 10.5 Å². The summed E-state index contributed by atoms with van der Waals surface area (Å²) < 4.78 is 0. The van der Waals surface area contributed by atoms with Gasteiger partial charge >= 0.3 is 6.03 Å². The highest BCUT2D eigenvalue weighted by atomic mass is 16.2. The van der Waals surface area contributed by atoms with Crippen molar-refractivity contribution in [2.45, 2.75) is 26.1 Å². The summed E-state index contributed by atoms with van der Waals surface area (Å²) in [6.45, 7) is 3.90. The fraction of sp³-hybridized carbons (Fsp3) is 0.235. The van der Waals surface area contributed by atoms with Gasteiger partial charge in [0.05, 0.1) is 6.04 Å². The van der Waals surface area contributed by atoms with Gasteiger partial charge in [-0.2, -0.15) is 0 Å². The van der Waals surface area contributed by atoms with Crippen LogP contribution in [0.1, 0.15) is 18.1 Å². The fourth-order valence-corrected chi connectivity index (χ4v) is 2.32. The van der Waals surface area contributed by atoms with E-state index in [9.17, 15) is 4.79 Å². The number of hydrogen-bond acceptors (Lipinski definition) is 5.